The molecule has 0 aliphatic heterocycles. The molecular formula is C23H24FN3O. The van der Waals surface area contributed by atoms with Crippen LogP contribution in [0.15, 0.2) is 48.5 Å². The standard InChI is InChI=1S/C23H24FN3O/c1-5-21-15(2)25-16(3)26-22(21)18-7-6-8-19(13-18)23(28)27(4)14-17-9-11-20(24)12-10-17/h6-13H,5,14H2,1-4H3. The quantitative estimate of drug-likeness (QED) is 0.645. The number of aromatic nitrogens is 2. The van der Waals surface area contributed by atoms with Crippen molar-refractivity contribution in [2.45, 2.75) is 33.7 Å². The Balaban J connectivity index is 1.89. The zero-order valence-corrected chi connectivity index (χ0v) is 16.7. The molecule has 0 fully saturated rings. The van der Waals surface area contributed by atoms with Gasteiger partial charge in [0.2, 0.25) is 0 Å². The maximum Gasteiger partial charge on any atom is 0.253 e. The van der Waals surface area contributed by atoms with Gasteiger partial charge in [0.25, 0.3) is 5.91 Å². The number of aryl methyl sites for hydroxylation is 2. The van der Waals surface area contributed by atoms with E-state index in [4.69, 9.17) is 0 Å². The van der Waals surface area contributed by atoms with Crippen LogP contribution in [0, 0.1) is 19.7 Å². The number of amides is 1. The van der Waals surface area contributed by atoms with Crippen LogP contribution < -0.4 is 0 Å². The van der Waals surface area contributed by atoms with Gasteiger partial charge in [-0.05, 0) is 55.7 Å². The van der Waals surface area contributed by atoms with Gasteiger partial charge in [-0.1, -0.05) is 31.2 Å². The molecule has 0 saturated carbocycles. The summed E-state index contributed by atoms with van der Waals surface area (Å²) >= 11 is 0. The topological polar surface area (TPSA) is 46.1 Å². The first-order valence-electron chi connectivity index (χ1n) is 9.33. The van der Waals surface area contributed by atoms with Crippen molar-refractivity contribution >= 4 is 5.91 Å². The second kappa shape index (κ2) is 8.30. The largest absolute Gasteiger partial charge is 0.337 e. The summed E-state index contributed by atoms with van der Waals surface area (Å²) in [5.41, 5.74) is 5.32. The highest BCUT2D eigenvalue weighted by atomic mass is 19.1. The molecule has 1 aromatic heterocycles. The van der Waals surface area contributed by atoms with Crippen LogP contribution in [-0.2, 0) is 13.0 Å². The summed E-state index contributed by atoms with van der Waals surface area (Å²) in [4.78, 5) is 23.6. The molecule has 3 aromatic rings. The molecule has 1 amide bonds. The summed E-state index contributed by atoms with van der Waals surface area (Å²) in [6.07, 6.45) is 0.824. The second-order valence-electron chi connectivity index (χ2n) is 6.91. The number of benzene rings is 2. The third-order valence-electron chi connectivity index (χ3n) is 4.74. The van der Waals surface area contributed by atoms with Gasteiger partial charge in [0.1, 0.15) is 11.6 Å². The molecule has 0 aliphatic rings. The van der Waals surface area contributed by atoms with Crippen LogP contribution in [0.4, 0.5) is 4.39 Å². The van der Waals surface area contributed by atoms with Gasteiger partial charge in [0, 0.05) is 30.4 Å². The fraction of sp³-hybridized carbons (Fsp3) is 0.261. The fourth-order valence-corrected chi connectivity index (χ4v) is 3.35. The first kappa shape index (κ1) is 19.7. The van der Waals surface area contributed by atoms with Crippen molar-refractivity contribution < 1.29 is 9.18 Å². The summed E-state index contributed by atoms with van der Waals surface area (Å²) in [5, 5.41) is 0. The van der Waals surface area contributed by atoms with Gasteiger partial charge in [-0.3, -0.25) is 4.79 Å². The first-order chi connectivity index (χ1) is 13.4. The lowest BCUT2D eigenvalue weighted by molar-refractivity contribution is 0.0785. The monoisotopic (exact) mass is 377 g/mol. The molecule has 3 rings (SSSR count). The SMILES string of the molecule is CCc1c(C)nc(C)nc1-c1cccc(C(=O)N(C)Cc2ccc(F)cc2)c1. The van der Waals surface area contributed by atoms with Gasteiger partial charge in [0.05, 0.1) is 5.69 Å². The minimum absolute atomic E-state index is 0.0910. The number of hydrogen-bond donors (Lipinski definition) is 0. The lowest BCUT2D eigenvalue weighted by atomic mass is 10.0. The zero-order chi connectivity index (χ0) is 20.3. The highest BCUT2D eigenvalue weighted by Gasteiger charge is 2.16. The molecular weight excluding hydrogens is 353 g/mol. The van der Waals surface area contributed by atoms with Gasteiger partial charge < -0.3 is 4.90 Å². The highest BCUT2D eigenvalue weighted by molar-refractivity contribution is 5.95. The van der Waals surface area contributed by atoms with Gasteiger partial charge in [0.15, 0.2) is 0 Å². The predicted molar refractivity (Wildman–Crippen MR) is 109 cm³/mol. The molecule has 0 N–H and O–H groups in total. The Labute approximate surface area is 165 Å². The second-order valence-corrected chi connectivity index (χ2v) is 6.91. The van der Waals surface area contributed by atoms with E-state index in [2.05, 4.69) is 16.9 Å². The number of carbonyl (C=O) groups excluding carboxylic acids is 1. The normalized spacial score (nSPS) is 10.8. The van der Waals surface area contributed by atoms with E-state index in [9.17, 15) is 9.18 Å². The minimum Gasteiger partial charge on any atom is -0.337 e. The summed E-state index contributed by atoms with van der Waals surface area (Å²) in [7, 11) is 1.74. The van der Waals surface area contributed by atoms with Gasteiger partial charge >= 0.3 is 0 Å². The van der Waals surface area contributed by atoms with Crippen molar-refractivity contribution in [2.24, 2.45) is 0 Å². The van der Waals surface area contributed by atoms with Crippen molar-refractivity contribution in [3.8, 4) is 11.3 Å². The summed E-state index contributed by atoms with van der Waals surface area (Å²) < 4.78 is 13.1. The zero-order valence-electron chi connectivity index (χ0n) is 16.7. The van der Waals surface area contributed by atoms with Crippen molar-refractivity contribution in [3.63, 3.8) is 0 Å². The third-order valence-corrected chi connectivity index (χ3v) is 4.74. The molecule has 5 heteroatoms. The number of rotatable bonds is 5. The molecule has 0 spiro atoms. The first-order valence-corrected chi connectivity index (χ1v) is 9.33. The van der Waals surface area contributed by atoms with E-state index >= 15 is 0 Å². The summed E-state index contributed by atoms with van der Waals surface area (Å²) in [6, 6.07) is 13.7. The maximum atomic E-state index is 13.1. The van der Waals surface area contributed by atoms with Crippen LogP contribution >= 0.6 is 0 Å². The lowest BCUT2D eigenvalue weighted by Gasteiger charge is -2.18. The molecule has 0 radical (unpaired) electrons. The summed E-state index contributed by atoms with van der Waals surface area (Å²) in [6.45, 7) is 6.36. The Bertz CT molecular complexity index is 999. The van der Waals surface area contributed by atoms with Crippen LogP contribution in [0.1, 0.15) is 39.9 Å². The Morgan fingerprint density at radius 3 is 2.46 bits per heavy atom. The average Bonchev–Trinajstić information content (AvgIpc) is 2.68. The predicted octanol–water partition coefficient (Wildman–Crippen LogP) is 4.73. The molecule has 0 saturated heterocycles. The van der Waals surface area contributed by atoms with Crippen LogP contribution in [-0.4, -0.2) is 27.8 Å². The Morgan fingerprint density at radius 1 is 1.07 bits per heavy atom. The van der Waals surface area contributed by atoms with E-state index in [0.29, 0.717) is 12.1 Å². The van der Waals surface area contributed by atoms with E-state index in [1.807, 2.05) is 32.0 Å². The van der Waals surface area contributed by atoms with Crippen LogP contribution in [0.5, 0.6) is 0 Å². The Hall–Kier alpha value is -3.08. The van der Waals surface area contributed by atoms with E-state index in [1.54, 1.807) is 30.1 Å². The van der Waals surface area contributed by atoms with Gasteiger partial charge in [-0.2, -0.15) is 0 Å². The Kier molecular flexibility index (Phi) is 5.83. The molecule has 0 aliphatic carbocycles. The number of hydrogen-bond acceptors (Lipinski definition) is 3. The minimum atomic E-state index is -0.285. The number of halogens is 1. The van der Waals surface area contributed by atoms with Crippen molar-refractivity contribution in [1.29, 1.82) is 0 Å². The fourth-order valence-electron chi connectivity index (χ4n) is 3.35. The van der Waals surface area contributed by atoms with Crippen LogP contribution in [0.3, 0.4) is 0 Å². The van der Waals surface area contributed by atoms with Crippen LogP contribution in [0.2, 0.25) is 0 Å². The number of nitrogens with zero attached hydrogens (tertiary/aromatic N) is 3. The molecule has 0 bridgehead atoms. The molecule has 144 valence electrons. The number of carbonyl (C=O) groups is 1. The van der Waals surface area contributed by atoms with Crippen molar-refractivity contribution in [1.82, 2.24) is 14.9 Å². The molecule has 4 nitrogen and oxygen atoms in total. The van der Waals surface area contributed by atoms with Crippen molar-refractivity contribution in [3.05, 3.63) is 82.6 Å². The molecule has 2 aromatic carbocycles. The maximum absolute atomic E-state index is 13.1. The Morgan fingerprint density at radius 2 is 1.79 bits per heavy atom. The van der Waals surface area contributed by atoms with E-state index < -0.39 is 0 Å². The summed E-state index contributed by atoms with van der Waals surface area (Å²) in [5.74, 6) is 0.342. The van der Waals surface area contributed by atoms with Gasteiger partial charge in [-0.15, -0.1) is 0 Å². The van der Waals surface area contributed by atoms with E-state index in [1.165, 1.54) is 12.1 Å². The van der Waals surface area contributed by atoms with E-state index in [-0.39, 0.29) is 11.7 Å². The molecule has 1 heterocycles. The van der Waals surface area contributed by atoms with Crippen molar-refractivity contribution in [2.75, 3.05) is 7.05 Å². The molecule has 0 atom stereocenters. The molecule has 28 heavy (non-hydrogen) atoms. The molecule has 0 unspecified atom stereocenters. The van der Waals surface area contributed by atoms with Gasteiger partial charge in [-0.25, -0.2) is 14.4 Å². The third kappa shape index (κ3) is 4.25. The smallest absolute Gasteiger partial charge is 0.253 e. The average molecular weight is 377 g/mol. The van der Waals surface area contributed by atoms with Crippen LogP contribution in [0.25, 0.3) is 11.3 Å². The van der Waals surface area contributed by atoms with E-state index in [0.717, 1.165) is 40.3 Å². The lowest BCUT2D eigenvalue weighted by Crippen LogP contribution is -2.26. The highest BCUT2D eigenvalue weighted by Crippen LogP contribution is 2.25.